The molecule has 3 heterocycles. The number of urea groups is 1. The number of hydrogen-bond acceptors (Lipinski definition) is 5. The summed E-state index contributed by atoms with van der Waals surface area (Å²) in [6, 6.07) is 3.35. The fraction of sp³-hybridized carbons (Fsp3) is 0.500. The number of furan rings is 1. The summed E-state index contributed by atoms with van der Waals surface area (Å²) < 4.78 is 10.4. The van der Waals surface area contributed by atoms with Crippen molar-refractivity contribution in [3.63, 3.8) is 0 Å². The van der Waals surface area contributed by atoms with Gasteiger partial charge in [-0.3, -0.25) is 0 Å². The van der Waals surface area contributed by atoms with Crippen molar-refractivity contribution in [1.82, 2.24) is 20.4 Å². The minimum Gasteiger partial charge on any atom is -0.467 e. The van der Waals surface area contributed by atoms with Gasteiger partial charge in [0.25, 0.3) is 0 Å². The van der Waals surface area contributed by atoms with E-state index in [2.05, 4.69) is 15.5 Å². The van der Waals surface area contributed by atoms with Crippen LogP contribution in [0.15, 0.2) is 27.3 Å². The lowest BCUT2D eigenvalue weighted by molar-refractivity contribution is 0.131. The summed E-state index contributed by atoms with van der Waals surface area (Å²) in [6.07, 6.45) is 4.47. The third-order valence-corrected chi connectivity index (χ3v) is 3.59. The monoisotopic (exact) mass is 290 g/mol. The number of amides is 2. The molecule has 2 aromatic heterocycles. The second-order valence-electron chi connectivity index (χ2n) is 5.12. The Morgan fingerprint density at radius 2 is 2.43 bits per heavy atom. The standard InChI is InChI=1S/C14H18N4O3/c1-10-16-13(21-17-10)12-6-2-3-7-18(12)14(19)15-9-11-5-4-8-20-11/h4-5,8,12H,2-3,6-7,9H2,1H3,(H,15,19)/t12-/m1/s1. The van der Waals surface area contributed by atoms with Crippen molar-refractivity contribution in [1.29, 1.82) is 0 Å². The van der Waals surface area contributed by atoms with Crippen LogP contribution >= 0.6 is 0 Å². The lowest BCUT2D eigenvalue weighted by atomic mass is 10.0. The predicted octanol–water partition coefficient (Wildman–Crippen LogP) is 2.41. The van der Waals surface area contributed by atoms with Crippen LogP contribution in [-0.4, -0.2) is 27.6 Å². The normalized spacial score (nSPS) is 18.7. The molecule has 21 heavy (non-hydrogen) atoms. The first-order valence-electron chi connectivity index (χ1n) is 7.11. The van der Waals surface area contributed by atoms with E-state index in [0.717, 1.165) is 25.0 Å². The van der Waals surface area contributed by atoms with Gasteiger partial charge >= 0.3 is 6.03 Å². The number of carbonyl (C=O) groups is 1. The van der Waals surface area contributed by atoms with Crippen LogP contribution in [0.25, 0.3) is 0 Å². The molecule has 0 saturated carbocycles. The molecule has 1 aliphatic heterocycles. The average molecular weight is 290 g/mol. The van der Waals surface area contributed by atoms with Crippen molar-refractivity contribution in [3.05, 3.63) is 35.9 Å². The van der Waals surface area contributed by atoms with Gasteiger partial charge in [0, 0.05) is 6.54 Å². The van der Waals surface area contributed by atoms with Gasteiger partial charge in [-0.05, 0) is 38.3 Å². The summed E-state index contributed by atoms with van der Waals surface area (Å²) in [5.74, 6) is 1.83. The minimum atomic E-state index is -0.142. The zero-order chi connectivity index (χ0) is 14.7. The Balaban J connectivity index is 1.67. The summed E-state index contributed by atoms with van der Waals surface area (Å²) in [5.41, 5.74) is 0. The fourth-order valence-corrected chi connectivity index (χ4v) is 2.56. The molecule has 3 rings (SSSR count). The molecule has 1 atom stereocenters. The molecule has 0 aromatic carbocycles. The Hall–Kier alpha value is -2.31. The van der Waals surface area contributed by atoms with Gasteiger partial charge in [-0.15, -0.1) is 0 Å². The van der Waals surface area contributed by atoms with Crippen LogP contribution in [-0.2, 0) is 6.54 Å². The van der Waals surface area contributed by atoms with Crippen LogP contribution in [0.3, 0.4) is 0 Å². The SMILES string of the molecule is Cc1noc([C@H]2CCCCN2C(=O)NCc2ccco2)n1. The lowest BCUT2D eigenvalue weighted by Crippen LogP contribution is -2.44. The molecule has 7 heteroatoms. The van der Waals surface area contributed by atoms with Gasteiger partial charge < -0.3 is 19.2 Å². The maximum absolute atomic E-state index is 12.4. The number of aromatic nitrogens is 2. The van der Waals surface area contributed by atoms with Gasteiger partial charge in [-0.2, -0.15) is 4.98 Å². The highest BCUT2D eigenvalue weighted by Gasteiger charge is 2.31. The summed E-state index contributed by atoms with van der Waals surface area (Å²) in [4.78, 5) is 18.4. The van der Waals surface area contributed by atoms with E-state index in [1.165, 1.54) is 0 Å². The number of rotatable bonds is 3. The topological polar surface area (TPSA) is 84.4 Å². The first kappa shape index (κ1) is 13.7. The van der Waals surface area contributed by atoms with Crippen molar-refractivity contribution < 1.29 is 13.7 Å². The van der Waals surface area contributed by atoms with Crippen molar-refractivity contribution in [2.75, 3.05) is 6.54 Å². The highest BCUT2D eigenvalue weighted by Crippen LogP contribution is 2.29. The van der Waals surface area contributed by atoms with E-state index >= 15 is 0 Å². The smallest absolute Gasteiger partial charge is 0.318 e. The molecule has 0 unspecified atom stereocenters. The van der Waals surface area contributed by atoms with E-state index in [4.69, 9.17) is 8.94 Å². The molecule has 0 spiro atoms. The molecule has 0 aliphatic carbocycles. The first-order valence-corrected chi connectivity index (χ1v) is 7.11. The van der Waals surface area contributed by atoms with Crippen LogP contribution in [0.5, 0.6) is 0 Å². The highest BCUT2D eigenvalue weighted by atomic mass is 16.5. The molecule has 2 aromatic rings. The number of piperidine rings is 1. The maximum atomic E-state index is 12.4. The second-order valence-corrected chi connectivity index (χ2v) is 5.12. The number of carbonyl (C=O) groups excluding carboxylic acids is 1. The Morgan fingerprint density at radius 1 is 1.52 bits per heavy atom. The van der Waals surface area contributed by atoms with Gasteiger partial charge in [0.15, 0.2) is 5.82 Å². The predicted molar refractivity (Wildman–Crippen MR) is 73.3 cm³/mol. The van der Waals surface area contributed by atoms with Crippen molar-refractivity contribution in [2.24, 2.45) is 0 Å². The quantitative estimate of drug-likeness (QED) is 0.938. The fourth-order valence-electron chi connectivity index (χ4n) is 2.56. The average Bonchev–Trinajstić information content (AvgIpc) is 3.16. The Bertz CT molecular complexity index is 593. The van der Waals surface area contributed by atoms with E-state index in [1.54, 1.807) is 24.2 Å². The largest absolute Gasteiger partial charge is 0.467 e. The molecule has 0 radical (unpaired) electrons. The Kier molecular flexibility index (Phi) is 3.89. The minimum absolute atomic E-state index is 0.132. The maximum Gasteiger partial charge on any atom is 0.318 e. The van der Waals surface area contributed by atoms with Gasteiger partial charge in [0.1, 0.15) is 11.8 Å². The van der Waals surface area contributed by atoms with E-state index in [9.17, 15) is 4.79 Å². The van der Waals surface area contributed by atoms with E-state index in [-0.39, 0.29) is 12.1 Å². The Labute approximate surface area is 122 Å². The molecular weight excluding hydrogens is 272 g/mol. The molecule has 112 valence electrons. The van der Waals surface area contributed by atoms with Crippen molar-refractivity contribution in [3.8, 4) is 0 Å². The van der Waals surface area contributed by atoms with Gasteiger partial charge in [-0.25, -0.2) is 4.79 Å². The third-order valence-electron chi connectivity index (χ3n) is 3.59. The number of nitrogens with one attached hydrogen (secondary N) is 1. The number of likely N-dealkylation sites (tertiary alicyclic amines) is 1. The molecule has 2 amide bonds. The van der Waals surface area contributed by atoms with E-state index in [1.807, 2.05) is 6.07 Å². The molecule has 1 N–H and O–H groups in total. The van der Waals surface area contributed by atoms with Crippen LogP contribution in [0.4, 0.5) is 4.79 Å². The summed E-state index contributed by atoms with van der Waals surface area (Å²) in [5, 5.41) is 6.68. The number of nitrogens with zero attached hydrogens (tertiary/aromatic N) is 3. The molecule has 1 fully saturated rings. The third kappa shape index (κ3) is 3.07. The van der Waals surface area contributed by atoms with Gasteiger partial charge in [0.2, 0.25) is 5.89 Å². The van der Waals surface area contributed by atoms with Crippen LogP contribution in [0.2, 0.25) is 0 Å². The molecule has 7 nitrogen and oxygen atoms in total. The molecule has 0 bridgehead atoms. The van der Waals surface area contributed by atoms with Crippen LogP contribution < -0.4 is 5.32 Å². The zero-order valence-corrected chi connectivity index (χ0v) is 11.9. The second kappa shape index (κ2) is 5.99. The van der Waals surface area contributed by atoms with E-state index < -0.39 is 0 Å². The summed E-state index contributed by atoms with van der Waals surface area (Å²) in [7, 11) is 0. The number of aryl methyl sites for hydroxylation is 1. The Morgan fingerprint density at radius 3 is 3.14 bits per heavy atom. The van der Waals surface area contributed by atoms with Gasteiger partial charge in [-0.1, -0.05) is 5.16 Å². The van der Waals surface area contributed by atoms with Crippen LogP contribution in [0, 0.1) is 6.92 Å². The lowest BCUT2D eigenvalue weighted by Gasteiger charge is -2.33. The molecule has 1 saturated heterocycles. The summed E-state index contributed by atoms with van der Waals surface area (Å²) in [6.45, 7) is 2.84. The highest BCUT2D eigenvalue weighted by molar-refractivity contribution is 5.74. The van der Waals surface area contributed by atoms with Crippen LogP contribution in [0.1, 0.15) is 42.8 Å². The van der Waals surface area contributed by atoms with Crippen molar-refractivity contribution in [2.45, 2.75) is 38.8 Å². The zero-order valence-electron chi connectivity index (χ0n) is 11.9. The van der Waals surface area contributed by atoms with Crippen molar-refractivity contribution >= 4 is 6.03 Å². The number of hydrogen-bond donors (Lipinski definition) is 1. The summed E-state index contributed by atoms with van der Waals surface area (Å²) >= 11 is 0. The first-order chi connectivity index (χ1) is 10.2. The van der Waals surface area contributed by atoms with Gasteiger partial charge in [0.05, 0.1) is 12.8 Å². The van der Waals surface area contributed by atoms with E-state index in [0.29, 0.717) is 24.8 Å². The molecule has 1 aliphatic rings. The molecular formula is C14H18N4O3.